The molecule has 1 aliphatic heterocycles. The van der Waals surface area contributed by atoms with Crippen molar-refractivity contribution in [1.82, 2.24) is 9.88 Å². The standard InChI is InChI=1S/C18H26N2O2/c1-13-9-16(10-14(2)19-13)18(21)20(11-15-5-3-6-15)12-17-7-4-8-22-17/h9-10,15,17H,3-8,11-12H2,1-2H3/t17-/m1/s1. The number of ether oxygens (including phenoxy) is 1. The first-order valence-electron chi connectivity index (χ1n) is 8.48. The molecule has 1 saturated heterocycles. The number of aromatic nitrogens is 1. The number of aryl methyl sites for hydroxylation is 2. The van der Waals surface area contributed by atoms with Gasteiger partial charge < -0.3 is 9.64 Å². The number of hydrogen-bond acceptors (Lipinski definition) is 3. The highest BCUT2D eigenvalue weighted by Gasteiger charge is 2.28. The van der Waals surface area contributed by atoms with Crippen LogP contribution in [0.3, 0.4) is 0 Å². The van der Waals surface area contributed by atoms with Crippen molar-refractivity contribution in [2.24, 2.45) is 5.92 Å². The zero-order valence-electron chi connectivity index (χ0n) is 13.7. The number of hydrogen-bond donors (Lipinski definition) is 0. The van der Waals surface area contributed by atoms with Gasteiger partial charge in [0.1, 0.15) is 0 Å². The minimum absolute atomic E-state index is 0.135. The van der Waals surface area contributed by atoms with Crippen LogP contribution in [0.1, 0.15) is 53.8 Å². The van der Waals surface area contributed by atoms with E-state index in [1.165, 1.54) is 19.3 Å². The van der Waals surface area contributed by atoms with Crippen molar-refractivity contribution in [1.29, 1.82) is 0 Å². The first-order chi connectivity index (χ1) is 10.6. The fourth-order valence-electron chi connectivity index (χ4n) is 3.40. The molecule has 1 aromatic rings. The summed E-state index contributed by atoms with van der Waals surface area (Å²) in [7, 11) is 0. The molecule has 4 heteroatoms. The lowest BCUT2D eigenvalue weighted by Crippen LogP contribution is -2.41. The smallest absolute Gasteiger partial charge is 0.254 e. The van der Waals surface area contributed by atoms with Gasteiger partial charge >= 0.3 is 0 Å². The second-order valence-electron chi connectivity index (χ2n) is 6.78. The molecule has 120 valence electrons. The number of rotatable bonds is 5. The molecule has 3 rings (SSSR count). The average molecular weight is 302 g/mol. The summed E-state index contributed by atoms with van der Waals surface area (Å²) in [5, 5.41) is 0. The molecule has 2 fully saturated rings. The van der Waals surface area contributed by atoms with Crippen LogP contribution in [0, 0.1) is 19.8 Å². The fraction of sp³-hybridized carbons (Fsp3) is 0.667. The summed E-state index contributed by atoms with van der Waals surface area (Å²) in [6.45, 7) is 6.33. The van der Waals surface area contributed by atoms with Gasteiger partial charge in [-0.15, -0.1) is 0 Å². The molecule has 0 N–H and O–H groups in total. The Morgan fingerprint density at radius 3 is 2.45 bits per heavy atom. The number of nitrogens with zero attached hydrogens (tertiary/aromatic N) is 2. The summed E-state index contributed by atoms with van der Waals surface area (Å²) in [4.78, 5) is 19.3. The summed E-state index contributed by atoms with van der Waals surface area (Å²) in [6, 6.07) is 3.80. The van der Waals surface area contributed by atoms with Gasteiger partial charge in [-0.2, -0.15) is 0 Å². The molecule has 0 spiro atoms. The van der Waals surface area contributed by atoms with Crippen LogP contribution in [0.5, 0.6) is 0 Å². The molecule has 0 aromatic carbocycles. The maximum absolute atomic E-state index is 13.0. The highest BCUT2D eigenvalue weighted by atomic mass is 16.5. The van der Waals surface area contributed by atoms with Crippen LogP contribution in [-0.2, 0) is 4.74 Å². The van der Waals surface area contributed by atoms with Crippen LogP contribution in [0.15, 0.2) is 12.1 Å². The molecule has 1 aliphatic carbocycles. The molecule has 1 atom stereocenters. The Bertz CT molecular complexity index is 514. The third-order valence-corrected chi connectivity index (χ3v) is 4.77. The van der Waals surface area contributed by atoms with Gasteiger partial charge in [0.2, 0.25) is 0 Å². The molecule has 0 bridgehead atoms. The van der Waals surface area contributed by atoms with Gasteiger partial charge in [-0.1, -0.05) is 6.42 Å². The summed E-state index contributed by atoms with van der Waals surface area (Å²) >= 11 is 0. The number of amides is 1. The Balaban J connectivity index is 1.74. The van der Waals surface area contributed by atoms with Gasteiger partial charge in [0.25, 0.3) is 5.91 Å². The molecule has 2 aliphatic rings. The Kier molecular flexibility index (Phi) is 4.77. The maximum Gasteiger partial charge on any atom is 0.254 e. The minimum Gasteiger partial charge on any atom is -0.376 e. The fourth-order valence-corrected chi connectivity index (χ4v) is 3.40. The molecule has 1 aromatic heterocycles. The molecule has 1 saturated carbocycles. The normalized spacial score (nSPS) is 21.6. The van der Waals surface area contributed by atoms with E-state index in [0.717, 1.165) is 49.5 Å². The van der Waals surface area contributed by atoms with E-state index in [2.05, 4.69) is 4.98 Å². The van der Waals surface area contributed by atoms with Gasteiger partial charge in [-0.05, 0) is 57.6 Å². The molecule has 4 nitrogen and oxygen atoms in total. The SMILES string of the molecule is Cc1cc(C(=O)N(CC2CCC2)C[C@H]2CCCO2)cc(C)n1. The molecular weight excluding hydrogens is 276 g/mol. The minimum atomic E-state index is 0.135. The van der Waals surface area contributed by atoms with E-state index in [4.69, 9.17) is 4.74 Å². The van der Waals surface area contributed by atoms with E-state index < -0.39 is 0 Å². The topological polar surface area (TPSA) is 42.4 Å². The van der Waals surface area contributed by atoms with Crippen molar-refractivity contribution in [3.05, 3.63) is 29.1 Å². The Hall–Kier alpha value is -1.42. The second-order valence-corrected chi connectivity index (χ2v) is 6.78. The number of carbonyl (C=O) groups is 1. The van der Waals surface area contributed by atoms with Gasteiger partial charge in [0.05, 0.1) is 6.10 Å². The Labute approximate surface area is 132 Å². The predicted octanol–water partition coefficient (Wildman–Crippen LogP) is 3.12. The molecular formula is C18H26N2O2. The van der Waals surface area contributed by atoms with E-state index >= 15 is 0 Å². The first kappa shape index (κ1) is 15.5. The molecule has 22 heavy (non-hydrogen) atoms. The largest absolute Gasteiger partial charge is 0.376 e. The monoisotopic (exact) mass is 302 g/mol. The van der Waals surface area contributed by atoms with Gasteiger partial charge in [-0.25, -0.2) is 0 Å². The Morgan fingerprint density at radius 2 is 1.91 bits per heavy atom. The molecule has 0 radical (unpaired) electrons. The van der Waals surface area contributed by atoms with Crippen molar-refractivity contribution < 1.29 is 9.53 Å². The van der Waals surface area contributed by atoms with Crippen molar-refractivity contribution in [2.75, 3.05) is 19.7 Å². The molecule has 2 heterocycles. The van der Waals surface area contributed by atoms with Crippen molar-refractivity contribution in [3.8, 4) is 0 Å². The summed E-state index contributed by atoms with van der Waals surface area (Å²) < 4.78 is 5.74. The van der Waals surface area contributed by atoms with Crippen LogP contribution in [0.2, 0.25) is 0 Å². The Morgan fingerprint density at radius 1 is 1.18 bits per heavy atom. The van der Waals surface area contributed by atoms with Crippen molar-refractivity contribution in [2.45, 2.75) is 52.1 Å². The highest BCUT2D eigenvalue weighted by Crippen LogP contribution is 2.28. The van der Waals surface area contributed by atoms with E-state index in [-0.39, 0.29) is 12.0 Å². The summed E-state index contributed by atoms with van der Waals surface area (Å²) in [5.41, 5.74) is 2.58. The zero-order valence-corrected chi connectivity index (χ0v) is 13.7. The van der Waals surface area contributed by atoms with Gasteiger partial charge in [-0.3, -0.25) is 9.78 Å². The van der Waals surface area contributed by atoms with E-state index in [1.807, 2.05) is 30.9 Å². The van der Waals surface area contributed by atoms with Gasteiger partial charge in [0, 0.05) is 36.6 Å². The number of carbonyl (C=O) groups excluding carboxylic acids is 1. The third-order valence-electron chi connectivity index (χ3n) is 4.77. The van der Waals surface area contributed by atoms with Crippen molar-refractivity contribution in [3.63, 3.8) is 0 Å². The highest BCUT2D eigenvalue weighted by molar-refractivity contribution is 5.94. The lowest BCUT2D eigenvalue weighted by atomic mass is 9.85. The van der Waals surface area contributed by atoms with Crippen LogP contribution in [0.4, 0.5) is 0 Å². The maximum atomic E-state index is 13.0. The summed E-state index contributed by atoms with van der Waals surface area (Å²) in [5.74, 6) is 0.811. The van der Waals surface area contributed by atoms with E-state index in [9.17, 15) is 4.79 Å². The van der Waals surface area contributed by atoms with Crippen LogP contribution >= 0.6 is 0 Å². The third kappa shape index (κ3) is 3.67. The zero-order chi connectivity index (χ0) is 15.5. The molecule has 1 amide bonds. The quantitative estimate of drug-likeness (QED) is 0.839. The van der Waals surface area contributed by atoms with Crippen LogP contribution in [-0.4, -0.2) is 41.6 Å². The van der Waals surface area contributed by atoms with Crippen LogP contribution < -0.4 is 0 Å². The average Bonchev–Trinajstić information content (AvgIpc) is 2.92. The lowest BCUT2D eigenvalue weighted by Gasteiger charge is -2.33. The number of pyridine rings is 1. The summed E-state index contributed by atoms with van der Waals surface area (Å²) in [6.07, 6.45) is 6.22. The molecule has 0 unspecified atom stereocenters. The van der Waals surface area contributed by atoms with E-state index in [0.29, 0.717) is 5.92 Å². The van der Waals surface area contributed by atoms with Crippen molar-refractivity contribution >= 4 is 5.91 Å². The van der Waals surface area contributed by atoms with Gasteiger partial charge in [0.15, 0.2) is 0 Å². The first-order valence-corrected chi connectivity index (χ1v) is 8.48. The predicted molar refractivity (Wildman–Crippen MR) is 85.9 cm³/mol. The second kappa shape index (κ2) is 6.78. The van der Waals surface area contributed by atoms with E-state index in [1.54, 1.807) is 0 Å². The van der Waals surface area contributed by atoms with Crippen LogP contribution in [0.25, 0.3) is 0 Å². The lowest BCUT2D eigenvalue weighted by molar-refractivity contribution is 0.0447.